The molecule has 1 aliphatic heterocycles. The molecular weight excluding hydrogens is 321 g/mol. The lowest BCUT2D eigenvalue weighted by Gasteiger charge is -2.31. The summed E-state index contributed by atoms with van der Waals surface area (Å²) in [5, 5.41) is 7.42. The Labute approximate surface area is 144 Å². The number of aromatic amines is 1. The third-order valence-corrected chi connectivity index (χ3v) is 4.62. The fourth-order valence-corrected chi connectivity index (χ4v) is 3.29. The van der Waals surface area contributed by atoms with E-state index in [0.717, 1.165) is 36.3 Å². The molecule has 1 aliphatic rings. The summed E-state index contributed by atoms with van der Waals surface area (Å²) in [7, 11) is 0. The Morgan fingerprint density at radius 3 is 2.88 bits per heavy atom. The molecule has 1 N–H and O–H groups in total. The monoisotopic (exact) mass is 339 g/mol. The van der Waals surface area contributed by atoms with Crippen molar-refractivity contribution in [2.45, 2.75) is 18.8 Å². The summed E-state index contributed by atoms with van der Waals surface area (Å²) in [4.78, 5) is 14.3. The molecule has 4 rings (SSSR count). The van der Waals surface area contributed by atoms with Crippen LogP contribution in [0.25, 0.3) is 11.3 Å². The van der Waals surface area contributed by atoms with Gasteiger partial charge in [0.25, 0.3) is 5.91 Å². The number of H-pyrrole nitrogens is 1. The van der Waals surface area contributed by atoms with E-state index < -0.39 is 0 Å². The molecule has 3 heterocycles. The van der Waals surface area contributed by atoms with Crippen molar-refractivity contribution in [3.8, 4) is 11.3 Å². The maximum absolute atomic E-state index is 13.1. The third kappa shape index (κ3) is 3.20. The summed E-state index contributed by atoms with van der Waals surface area (Å²) in [6.07, 6.45) is 3.44. The van der Waals surface area contributed by atoms with E-state index in [9.17, 15) is 9.18 Å². The molecule has 1 amide bonds. The van der Waals surface area contributed by atoms with Gasteiger partial charge in [0.05, 0.1) is 12.0 Å². The quantitative estimate of drug-likeness (QED) is 0.789. The number of aromatic nitrogens is 2. The zero-order chi connectivity index (χ0) is 17.2. The number of benzene rings is 1. The van der Waals surface area contributed by atoms with Gasteiger partial charge >= 0.3 is 0 Å². The Kier molecular flexibility index (Phi) is 4.09. The number of nitrogens with one attached hydrogen (secondary N) is 1. The van der Waals surface area contributed by atoms with Crippen LogP contribution >= 0.6 is 0 Å². The van der Waals surface area contributed by atoms with Gasteiger partial charge in [-0.3, -0.25) is 9.89 Å². The van der Waals surface area contributed by atoms with Gasteiger partial charge in [-0.1, -0.05) is 0 Å². The lowest BCUT2D eigenvalue weighted by atomic mass is 9.94. The van der Waals surface area contributed by atoms with Gasteiger partial charge < -0.3 is 9.32 Å². The normalized spacial score (nSPS) is 17.6. The molecule has 6 heteroatoms. The molecule has 128 valence electrons. The highest BCUT2D eigenvalue weighted by molar-refractivity contribution is 5.91. The smallest absolute Gasteiger partial charge is 0.289 e. The summed E-state index contributed by atoms with van der Waals surface area (Å²) in [5.74, 6) is 0.235. The Bertz CT molecular complexity index is 855. The van der Waals surface area contributed by atoms with Crippen LogP contribution in [0.1, 0.15) is 35.0 Å². The SMILES string of the molecule is O=C(c1ccco1)N1CCCC(c2cc(-c3ccc(F)cc3)n[nH]2)C1. The molecule has 1 saturated heterocycles. The molecule has 0 spiro atoms. The number of furan rings is 1. The van der Waals surface area contributed by atoms with Gasteiger partial charge in [0.15, 0.2) is 5.76 Å². The molecule has 2 aromatic heterocycles. The molecule has 0 radical (unpaired) electrons. The second kappa shape index (κ2) is 6.55. The topological polar surface area (TPSA) is 62.1 Å². The number of rotatable bonds is 3. The van der Waals surface area contributed by atoms with Crippen molar-refractivity contribution in [1.29, 1.82) is 0 Å². The third-order valence-electron chi connectivity index (χ3n) is 4.62. The lowest BCUT2D eigenvalue weighted by Crippen LogP contribution is -2.39. The Hall–Kier alpha value is -2.89. The molecular formula is C19H18FN3O2. The molecule has 25 heavy (non-hydrogen) atoms. The molecule has 5 nitrogen and oxygen atoms in total. The van der Waals surface area contributed by atoms with Crippen LogP contribution in [0.3, 0.4) is 0 Å². The van der Waals surface area contributed by atoms with Crippen LogP contribution in [-0.4, -0.2) is 34.1 Å². The molecule has 1 unspecified atom stereocenters. The molecule has 0 aliphatic carbocycles. The van der Waals surface area contributed by atoms with E-state index in [2.05, 4.69) is 10.2 Å². The highest BCUT2D eigenvalue weighted by Gasteiger charge is 2.27. The minimum absolute atomic E-state index is 0.0760. The van der Waals surface area contributed by atoms with Crippen molar-refractivity contribution in [3.63, 3.8) is 0 Å². The van der Waals surface area contributed by atoms with Crippen molar-refractivity contribution in [2.75, 3.05) is 13.1 Å². The summed E-state index contributed by atoms with van der Waals surface area (Å²) >= 11 is 0. The second-order valence-corrected chi connectivity index (χ2v) is 6.28. The Morgan fingerprint density at radius 2 is 2.12 bits per heavy atom. The number of likely N-dealkylation sites (tertiary alicyclic amines) is 1. The number of hydrogen-bond acceptors (Lipinski definition) is 3. The van der Waals surface area contributed by atoms with Gasteiger partial charge in [-0.15, -0.1) is 0 Å². The molecule has 0 saturated carbocycles. The van der Waals surface area contributed by atoms with Crippen molar-refractivity contribution >= 4 is 5.91 Å². The first kappa shape index (κ1) is 15.6. The number of carbonyl (C=O) groups excluding carboxylic acids is 1. The van der Waals surface area contributed by atoms with Gasteiger partial charge in [-0.05, 0) is 55.3 Å². The van der Waals surface area contributed by atoms with Crippen LogP contribution in [-0.2, 0) is 0 Å². The number of hydrogen-bond donors (Lipinski definition) is 1. The average molecular weight is 339 g/mol. The van der Waals surface area contributed by atoms with Gasteiger partial charge in [0.1, 0.15) is 5.82 Å². The van der Waals surface area contributed by atoms with Crippen molar-refractivity contribution in [2.24, 2.45) is 0 Å². The lowest BCUT2D eigenvalue weighted by molar-refractivity contribution is 0.0673. The standard InChI is InChI=1S/C19H18FN3O2/c20-15-7-5-13(6-8-15)16-11-17(22-21-16)14-3-1-9-23(12-14)19(24)18-4-2-10-25-18/h2,4-8,10-11,14H,1,3,9,12H2,(H,21,22). The van der Waals surface area contributed by atoms with Crippen molar-refractivity contribution in [1.82, 2.24) is 15.1 Å². The minimum atomic E-state index is -0.265. The highest BCUT2D eigenvalue weighted by atomic mass is 19.1. The maximum Gasteiger partial charge on any atom is 0.289 e. The fraction of sp³-hybridized carbons (Fsp3) is 0.263. The highest BCUT2D eigenvalue weighted by Crippen LogP contribution is 2.29. The summed E-state index contributed by atoms with van der Waals surface area (Å²) in [5.41, 5.74) is 2.64. The van der Waals surface area contributed by atoms with Crippen LogP contribution < -0.4 is 0 Å². The van der Waals surface area contributed by atoms with E-state index in [1.165, 1.54) is 18.4 Å². The second-order valence-electron chi connectivity index (χ2n) is 6.28. The summed E-state index contributed by atoms with van der Waals surface area (Å²) in [6.45, 7) is 1.36. The van der Waals surface area contributed by atoms with Gasteiger partial charge in [-0.2, -0.15) is 5.10 Å². The van der Waals surface area contributed by atoms with E-state index in [0.29, 0.717) is 12.3 Å². The summed E-state index contributed by atoms with van der Waals surface area (Å²) in [6, 6.07) is 11.7. The first-order valence-corrected chi connectivity index (χ1v) is 8.35. The minimum Gasteiger partial charge on any atom is -0.459 e. The molecule has 0 bridgehead atoms. The van der Waals surface area contributed by atoms with Crippen LogP contribution in [0, 0.1) is 5.82 Å². The number of halogens is 1. The van der Waals surface area contributed by atoms with Crippen molar-refractivity contribution < 1.29 is 13.6 Å². The van der Waals surface area contributed by atoms with E-state index >= 15 is 0 Å². The van der Waals surface area contributed by atoms with Crippen LogP contribution in [0.15, 0.2) is 53.1 Å². The molecule has 1 atom stereocenters. The maximum atomic E-state index is 13.1. The van der Waals surface area contributed by atoms with Gasteiger partial charge in [0.2, 0.25) is 0 Å². The number of piperidine rings is 1. The zero-order valence-corrected chi connectivity index (χ0v) is 13.6. The molecule has 3 aromatic rings. The Morgan fingerprint density at radius 1 is 1.28 bits per heavy atom. The predicted octanol–water partition coefficient (Wildman–Crippen LogP) is 3.83. The molecule has 1 aromatic carbocycles. The van der Waals surface area contributed by atoms with Gasteiger partial charge in [-0.25, -0.2) is 4.39 Å². The number of carbonyl (C=O) groups is 1. The fourth-order valence-electron chi connectivity index (χ4n) is 3.29. The number of nitrogens with zero attached hydrogens (tertiary/aromatic N) is 2. The van der Waals surface area contributed by atoms with E-state index in [1.807, 2.05) is 11.0 Å². The van der Waals surface area contributed by atoms with Crippen molar-refractivity contribution in [3.05, 3.63) is 66.0 Å². The predicted molar refractivity (Wildman–Crippen MR) is 90.6 cm³/mol. The van der Waals surface area contributed by atoms with Gasteiger partial charge in [0, 0.05) is 30.3 Å². The Balaban J connectivity index is 1.50. The molecule has 1 fully saturated rings. The summed E-state index contributed by atoms with van der Waals surface area (Å²) < 4.78 is 18.3. The van der Waals surface area contributed by atoms with Crippen LogP contribution in [0.5, 0.6) is 0 Å². The first-order chi connectivity index (χ1) is 12.2. The van der Waals surface area contributed by atoms with Crippen LogP contribution in [0.2, 0.25) is 0 Å². The van der Waals surface area contributed by atoms with Crippen LogP contribution in [0.4, 0.5) is 4.39 Å². The first-order valence-electron chi connectivity index (χ1n) is 8.35. The van der Waals surface area contributed by atoms with E-state index in [1.54, 1.807) is 24.3 Å². The zero-order valence-electron chi connectivity index (χ0n) is 13.6. The number of amides is 1. The van der Waals surface area contributed by atoms with E-state index in [-0.39, 0.29) is 17.6 Å². The van der Waals surface area contributed by atoms with E-state index in [4.69, 9.17) is 4.42 Å². The largest absolute Gasteiger partial charge is 0.459 e. The average Bonchev–Trinajstić information content (AvgIpc) is 3.34.